The second kappa shape index (κ2) is 3.23. The molecule has 0 aromatic heterocycles. The molecule has 1 fully saturated rings. The van der Waals surface area contributed by atoms with E-state index in [0.717, 1.165) is 0 Å². The van der Waals surface area contributed by atoms with Gasteiger partial charge in [0.2, 0.25) is 5.91 Å². The van der Waals surface area contributed by atoms with Crippen LogP contribution in [-0.4, -0.2) is 36.2 Å². The van der Waals surface area contributed by atoms with Crippen LogP contribution in [0.15, 0.2) is 0 Å². The van der Waals surface area contributed by atoms with Gasteiger partial charge in [-0.25, -0.2) is 9.69 Å². The zero-order valence-corrected chi connectivity index (χ0v) is 6.43. The Kier molecular flexibility index (Phi) is 2.44. The average Bonchev–Trinajstić information content (AvgIpc) is 1.97. The van der Waals surface area contributed by atoms with Crippen molar-refractivity contribution < 1.29 is 27.5 Å². The number of ether oxygens (including phenoxy) is 1. The van der Waals surface area contributed by atoms with Crippen LogP contribution in [0.5, 0.6) is 0 Å². The third-order valence-electron chi connectivity index (χ3n) is 1.43. The number of halogens is 3. The number of β-lactam (4-membered cyclic amide) rings is 1. The summed E-state index contributed by atoms with van der Waals surface area (Å²) in [5.41, 5.74) is 0. The third-order valence-corrected chi connectivity index (χ3v) is 1.43. The molecule has 0 spiro atoms. The summed E-state index contributed by atoms with van der Waals surface area (Å²) in [6.45, 7) is -1.52. The second-order valence-corrected chi connectivity index (χ2v) is 2.47. The molecule has 0 saturated carbocycles. The molecule has 13 heavy (non-hydrogen) atoms. The number of rotatable bonds is 1. The van der Waals surface area contributed by atoms with Gasteiger partial charge in [0.15, 0.2) is 6.61 Å². The van der Waals surface area contributed by atoms with Crippen molar-refractivity contribution in [1.29, 1.82) is 0 Å². The fourth-order valence-corrected chi connectivity index (χ4v) is 0.729. The van der Waals surface area contributed by atoms with E-state index in [4.69, 9.17) is 0 Å². The van der Waals surface area contributed by atoms with Crippen molar-refractivity contribution in [3.8, 4) is 0 Å². The Morgan fingerprint density at radius 1 is 1.54 bits per heavy atom. The van der Waals surface area contributed by atoms with Gasteiger partial charge in [-0.2, -0.15) is 13.2 Å². The SMILES string of the molecule is O=C1CCN1C(=O)OCC(F)(F)F. The molecular weight excluding hydrogens is 191 g/mol. The van der Waals surface area contributed by atoms with E-state index in [9.17, 15) is 22.8 Å². The van der Waals surface area contributed by atoms with Gasteiger partial charge >= 0.3 is 12.3 Å². The van der Waals surface area contributed by atoms with Gasteiger partial charge in [-0.1, -0.05) is 0 Å². The number of carbonyl (C=O) groups excluding carboxylic acids is 2. The first kappa shape index (κ1) is 9.82. The number of nitrogens with zero attached hydrogens (tertiary/aromatic N) is 1. The highest BCUT2D eigenvalue weighted by Gasteiger charge is 2.35. The minimum atomic E-state index is -4.55. The van der Waals surface area contributed by atoms with Crippen molar-refractivity contribution >= 4 is 12.0 Å². The highest BCUT2D eigenvalue weighted by Crippen LogP contribution is 2.16. The van der Waals surface area contributed by atoms with E-state index < -0.39 is 24.8 Å². The smallest absolute Gasteiger partial charge is 0.422 e. The molecule has 2 amide bonds. The molecule has 1 aliphatic heterocycles. The molecule has 0 radical (unpaired) electrons. The van der Waals surface area contributed by atoms with Gasteiger partial charge in [-0.3, -0.25) is 4.79 Å². The summed E-state index contributed by atoms with van der Waals surface area (Å²) in [6, 6.07) is 0. The highest BCUT2D eigenvalue weighted by molar-refractivity contribution is 5.96. The number of hydrogen-bond acceptors (Lipinski definition) is 3. The van der Waals surface area contributed by atoms with Gasteiger partial charge in [0.25, 0.3) is 0 Å². The Morgan fingerprint density at radius 2 is 2.15 bits per heavy atom. The number of likely N-dealkylation sites (tertiary alicyclic amines) is 1. The van der Waals surface area contributed by atoms with E-state index in [0.29, 0.717) is 4.90 Å². The Morgan fingerprint density at radius 3 is 2.46 bits per heavy atom. The molecule has 1 saturated heterocycles. The van der Waals surface area contributed by atoms with Crippen LogP contribution < -0.4 is 0 Å². The quantitative estimate of drug-likeness (QED) is 0.587. The lowest BCUT2D eigenvalue weighted by atomic mass is 10.2. The molecule has 74 valence electrons. The molecule has 0 aliphatic carbocycles. The fraction of sp³-hybridized carbons (Fsp3) is 0.667. The maximum absolute atomic E-state index is 11.5. The van der Waals surface area contributed by atoms with Gasteiger partial charge < -0.3 is 4.74 Å². The summed E-state index contributed by atoms with van der Waals surface area (Å²) in [4.78, 5) is 21.8. The maximum Gasteiger partial charge on any atom is 0.422 e. The summed E-state index contributed by atoms with van der Waals surface area (Å²) >= 11 is 0. The number of alkyl halides is 3. The molecule has 4 nitrogen and oxygen atoms in total. The van der Waals surface area contributed by atoms with Gasteiger partial charge in [-0.05, 0) is 0 Å². The van der Waals surface area contributed by atoms with Crippen molar-refractivity contribution in [2.24, 2.45) is 0 Å². The summed E-state index contributed by atoms with van der Waals surface area (Å²) in [6.07, 6.45) is -5.60. The molecular formula is C6H6F3NO3. The lowest BCUT2D eigenvalue weighted by Gasteiger charge is -2.27. The average molecular weight is 197 g/mol. The van der Waals surface area contributed by atoms with Crippen molar-refractivity contribution in [2.45, 2.75) is 12.6 Å². The van der Waals surface area contributed by atoms with Crippen molar-refractivity contribution in [2.75, 3.05) is 13.2 Å². The predicted octanol–water partition coefficient (Wildman–Crippen LogP) is 0.918. The predicted molar refractivity (Wildman–Crippen MR) is 33.7 cm³/mol. The Balaban J connectivity index is 2.30. The largest absolute Gasteiger partial charge is 0.439 e. The zero-order valence-electron chi connectivity index (χ0n) is 6.43. The summed E-state index contributed by atoms with van der Waals surface area (Å²) in [5, 5.41) is 0. The third kappa shape index (κ3) is 2.60. The van der Waals surface area contributed by atoms with Crippen LogP contribution in [-0.2, 0) is 9.53 Å². The monoisotopic (exact) mass is 197 g/mol. The van der Waals surface area contributed by atoms with Crippen LogP contribution in [0.4, 0.5) is 18.0 Å². The minimum absolute atomic E-state index is 0.134. The van der Waals surface area contributed by atoms with Crippen LogP contribution in [0.2, 0.25) is 0 Å². The lowest BCUT2D eigenvalue weighted by Crippen LogP contribution is -2.48. The Labute approximate surface area is 71.3 Å². The van der Waals surface area contributed by atoms with E-state index in [1.165, 1.54) is 0 Å². The van der Waals surface area contributed by atoms with E-state index in [2.05, 4.69) is 4.74 Å². The molecule has 0 unspecified atom stereocenters. The van der Waals surface area contributed by atoms with E-state index in [-0.39, 0.29) is 13.0 Å². The molecule has 1 aliphatic rings. The number of imide groups is 1. The normalized spacial score (nSPS) is 16.8. The summed E-state index contributed by atoms with van der Waals surface area (Å²) in [5.74, 6) is -0.507. The molecule has 1 rings (SSSR count). The molecule has 0 N–H and O–H groups in total. The van der Waals surface area contributed by atoms with Crippen LogP contribution in [0.1, 0.15) is 6.42 Å². The first-order valence-corrected chi connectivity index (χ1v) is 3.44. The van der Waals surface area contributed by atoms with E-state index in [1.807, 2.05) is 0 Å². The van der Waals surface area contributed by atoms with E-state index in [1.54, 1.807) is 0 Å². The summed E-state index contributed by atoms with van der Waals surface area (Å²) < 4.78 is 38.4. The van der Waals surface area contributed by atoms with Gasteiger partial charge in [0, 0.05) is 13.0 Å². The number of amides is 2. The lowest BCUT2D eigenvalue weighted by molar-refractivity contribution is -0.165. The maximum atomic E-state index is 11.5. The van der Waals surface area contributed by atoms with Gasteiger partial charge in [0.05, 0.1) is 0 Å². The zero-order chi connectivity index (χ0) is 10.1. The van der Waals surface area contributed by atoms with E-state index >= 15 is 0 Å². The standard InChI is InChI=1S/C6H6F3NO3/c7-6(8,9)3-13-5(12)10-2-1-4(10)11/h1-3H2. The number of carbonyl (C=O) groups is 2. The molecule has 1 heterocycles. The van der Waals surface area contributed by atoms with Crippen LogP contribution in [0.25, 0.3) is 0 Å². The Bertz CT molecular complexity index is 238. The van der Waals surface area contributed by atoms with Crippen molar-refractivity contribution in [3.05, 3.63) is 0 Å². The molecule has 0 bridgehead atoms. The van der Waals surface area contributed by atoms with Crippen molar-refractivity contribution in [1.82, 2.24) is 4.90 Å². The second-order valence-electron chi connectivity index (χ2n) is 2.47. The Hall–Kier alpha value is -1.27. The minimum Gasteiger partial charge on any atom is -0.439 e. The number of hydrogen-bond donors (Lipinski definition) is 0. The van der Waals surface area contributed by atoms with Crippen molar-refractivity contribution in [3.63, 3.8) is 0 Å². The molecule has 0 aromatic carbocycles. The van der Waals surface area contributed by atoms with Gasteiger partial charge in [-0.15, -0.1) is 0 Å². The summed E-state index contributed by atoms with van der Waals surface area (Å²) in [7, 11) is 0. The van der Waals surface area contributed by atoms with Crippen LogP contribution in [0, 0.1) is 0 Å². The first-order valence-electron chi connectivity index (χ1n) is 3.44. The van der Waals surface area contributed by atoms with Crippen LogP contribution >= 0.6 is 0 Å². The topological polar surface area (TPSA) is 46.6 Å². The molecule has 0 aromatic rings. The fourth-order valence-electron chi connectivity index (χ4n) is 0.729. The molecule has 0 atom stereocenters. The molecule has 7 heteroatoms. The first-order chi connectivity index (χ1) is 5.90. The van der Waals surface area contributed by atoms with Crippen LogP contribution in [0.3, 0.4) is 0 Å². The van der Waals surface area contributed by atoms with Gasteiger partial charge in [0.1, 0.15) is 0 Å². The highest BCUT2D eigenvalue weighted by atomic mass is 19.4.